The van der Waals surface area contributed by atoms with Crippen molar-refractivity contribution in [2.75, 3.05) is 6.61 Å². The van der Waals surface area contributed by atoms with Crippen LogP contribution in [0.4, 0.5) is 0 Å². The lowest BCUT2D eigenvalue weighted by Gasteiger charge is -2.08. The third-order valence-electron chi connectivity index (χ3n) is 5.85. The predicted molar refractivity (Wildman–Crippen MR) is 140 cm³/mol. The van der Waals surface area contributed by atoms with Gasteiger partial charge in [0.1, 0.15) is 10.6 Å². The monoisotopic (exact) mass is 524 g/mol. The van der Waals surface area contributed by atoms with Crippen molar-refractivity contribution in [2.45, 2.75) is 121 Å². The lowest BCUT2D eigenvalue weighted by Crippen LogP contribution is -2.19. The first kappa shape index (κ1) is 29.7. The minimum Gasteiger partial charge on any atom is -0.494 e. The molecule has 0 fully saturated rings. The highest BCUT2D eigenvalue weighted by Gasteiger charge is 2.17. The van der Waals surface area contributed by atoms with Crippen molar-refractivity contribution in [2.24, 2.45) is 0 Å². The molecule has 5 heteroatoms. The molecule has 0 aliphatic carbocycles. The molecule has 1 atom stereocenters. The molecule has 0 aliphatic heterocycles. The molecule has 0 aliphatic rings. The van der Waals surface area contributed by atoms with Gasteiger partial charge in [0, 0.05) is 0 Å². The molecule has 1 aromatic rings. The molecule has 1 unspecified atom stereocenters. The maximum absolute atomic E-state index is 12.0. The number of hydrogen-bond acceptors (Lipinski definition) is 4. The third-order valence-corrected chi connectivity index (χ3v) is 6.23. The molecule has 0 amide bonds. The Hall–Kier alpha value is -1.36. The summed E-state index contributed by atoms with van der Waals surface area (Å²) in [5.74, 6) is -0.622. The van der Waals surface area contributed by atoms with Gasteiger partial charge in [-0.15, -0.1) is 0 Å². The van der Waals surface area contributed by atoms with Gasteiger partial charge in [-0.2, -0.15) is 0 Å². The van der Waals surface area contributed by atoms with Crippen LogP contribution in [0, 0.1) is 0 Å². The van der Waals surface area contributed by atoms with E-state index in [9.17, 15) is 9.59 Å². The molecule has 0 saturated carbocycles. The van der Waals surface area contributed by atoms with Crippen LogP contribution in [0.3, 0.4) is 0 Å². The Labute approximate surface area is 210 Å². The number of carbonyl (C=O) groups is 2. The van der Waals surface area contributed by atoms with E-state index in [0.717, 1.165) is 12.8 Å². The van der Waals surface area contributed by atoms with Crippen molar-refractivity contribution >= 4 is 27.9 Å². The number of unbranched alkanes of at least 4 members (excludes halogenated alkanes) is 15. The Kier molecular flexibility index (Phi) is 18.0. The largest absolute Gasteiger partial charge is 0.494 e. The molecule has 33 heavy (non-hydrogen) atoms. The molecule has 1 aromatic carbocycles. The first-order valence-corrected chi connectivity index (χ1v) is 14.1. The van der Waals surface area contributed by atoms with E-state index in [1.165, 1.54) is 89.9 Å². The van der Waals surface area contributed by atoms with Crippen molar-refractivity contribution in [1.29, 1.82) is 0 Å². The van der Waals surface area contributed by atoms with Gasteiger partial charge in [0.15, 0.2) is 0 Å². The number of hydrogen-bond donors (Lipinski definition) is 0. The zero-order valence-corrected chi connectivity index (χ0v) is 22.5. The standard InChI is InChI=1S/C28H45BrO4/c1-3-4-5-6-7-8-9-10-11-12-13-14-15-16-17-18-22-32-26-21-19-20-25(23-26)28(31)33-27(30)24(2)29/h19-21,23-24H,3-18,22H2,1-2H3. The van der Waals surface area contributed by atoms with E-state index in [2.05, 4.69) is 22.9 Å². The number of carbonyl (C=O) groups excluding carboxylic acids is 2. The van der Waals surface area contributed by atoms with Gasteiger partial charge in [-0.25, -0.2) is 4.79 Å². The quantitative estimate of drug-likeness (QED) is 0.0739. The summed E-state index contributed by atoms with van der Waals surface area (Å²) in [6, 6.07) is 6.80. The summed E-state index contributed by atoms with van der Waals surface area (Å²) < 4.78 is 10.6. The van der Waals surface area contributed by atoms with E-state index < -0.39 is 16.8 Å². The second kappa shape index (κ2) is 20.1. The lowest BCUT2D eigenvalue weighted by atomic mass is 10.0. The zero-order valence-electron chi connectivity index (χ0n) is 20.9. The van der Waals surface area contributed by atoms with Crippen molar-refractivity contribution in [3.05, 3.63) is 29.8 Å². The highest BCUT2D eigenvalue weighted by Crippen LogP contribution is 2.17. The van der Waals surface area contributed by atoms with Gasteiger partial charge in [0.2, 0.25) is 0 Å². The number of ether oxygens (including phenoxy) is 2. The Morgan fingerprint density at radius 1 is 0.788 bits per heavy atom. The Bertz CT molecular complexity index is 645. The van der Waals surface area contributed by atoms with E-state index in [0.29, 0.717) is 17.9 Å². The summed E-state index contributed by atoms with van der Waals surface area (Å²) in [5.41, 5.74) is 0.320. The first-order chi connectivity index (χ1) is 16.0. The normalized spacial score (nSPS) is 11.8. The lowest BCUT2D eigenvalue weighted by molar-refractivity contribution is -0.136. The maximum Gasteiger partial charge on any atom is 0.345 e. The summed E-state index contributed by atoms with van der Waals surface area (Å²) >= 11 is 3.10. The Morgan fingerprint density at radius 2 is 1.27 bits per heavy atom. The maximum atomic E-state index is 12.0. The van der Waals surface area contributed by atoms with Crippen LogP contribution in [0.5, 0.6) is 5.75 Å². The fourth-order valence-electron chi connectivity index (χ4n) is 3.78. The molecule has 0 saturated heterocycles. The van der Waals surface area contributed by atoms with Gasteiger partial charge in [0.25, 0.3) is 0 Å². The minimum absolute atomic E-state index is 0.320. The highest BCUT2D eigenvalue weighted by molar-refractivity contribution is 9.10. The predicted octanol–water partition coefficient (Wildman–Crippen LogP) is 8.79. The Balaban J connectivity index is 1.97. The van der Waals surface area contributed by atoms with Crippen LogP contribution in [0.25, 0.3) is 0 Å². The summed E-state index contributed by atoms with van der Waals surface area (Å²) in [4.78, 5) is 23.0. The molecule has 0 heterocycles. The minimum atomic E-state index is -0.654. The first-order valence-electron chi connectivity index (χ1n) is 13.2. The van der Waals surface area contributed by atoms with Gasteiger partial charge < -0.3 is 9.47 Å². The summed E-state index contributed by atoms with van der Waals surface area (Å²) in [6.45, 7) is 4.53. The molecule has 4 nitrogen and oxygen atoms in total. The van der Waals surface area contributed by atoms with Gasteiger partial charge in [-0.1, -0.05) is 125 Å². The van der Waals surface area contributed by atoms with Gasteiger partial charge in [-0.05, 0) is 31.5 Å². The fraction of sp³-hybridized carbons (Fsp3) is 0.714. The third kappa shape index (κ3) is 16.0. The van der Waals surface area contributed by atoms with E-state index >= 15 is 0 Å². The van der Waals surface area contributed by atoms with Gasteiger partial charge >= 0.3 is 11.9 Å². The smallest absolute Gasteiger partial charge is 0.345 e. The second-order valence-corrected chi connectivity index (χ2v) is 10.4. The number of alkyl halides is 1. The molecule has 0 aromatic heterocycles. The summed E-state index contributed by atoms with van der Waals surface area (Å²) in [7, 11) is 0. The number of rotatable bonds is 20. The van der Waals surface area contributed by atoms with Crippen molar-refractivity contribution < 1.29 is 19.1 Å². The van der Waals surface area contributed by atoms with Crippen LogP contribution in [-0.4, -0.2) is 23.4 Å². The average molecular weight is 526 g/mol. The molecule has 188 valence electrons. The van der Waals surface area contributed by atoms with Crippen LogP contribution >= 0.6 is 15.9 Å². The molecule has 0 bridgehead atoms. The molecule has 1 rings (SSSR count). The topological polar surface area (TPSA) is 52.6 Å². The number of esters is 2. The highest BCUT2D eigenvalue weighted by atomic mass is 79.9. The number of halogens is 1. The molecular formula is C28H45BrO4. The zero-order chi connectivity index (χ0) is 24.2. The van der Waals surface area contributed by atoms with Crippen LogP contribution in [0.15, 0.2) is 24.3 Å². The molecule has 0 N–H and O–H groups in total. The van der Waals surface area contributed by atoms with Crippen LogP contribution in [0.1, 0.15) is 127 Å². The van der Waals surface area contributed by atoms with E-state index in [1.807, 2.05) is 6.07 Å². The second-order valence-electron chi connectivity index (χ2n) is 9.00. The van der Waals surface area contributed by atoms with Crippen LogP contribution in [0.2, 0.25) is 0 Å². The van der Waals surface area contributed by atoms with E-state index in [1.54, 1.807) is 25.1 Å². The molecule has 0 radical (unpaired) electrons. The van der Waals surface area contributed by atoms with E-state index in [4.69, 9.17) is 9.47 Å². The molecular weight excluding hydrogens is 480 g/mol. The van der Waals surface area contributed by atoms with Crippen molar-refractivity contribution in [3.8, 4) is 5.75 Å². The van der Waals surface area contributed by atoms with Crippen LogP contribution in [-0.2, 0) is 9.53 Å². The molecule has 0 spiro atoms. The van der Waals surface area contributed by atoms with Crippen molar-refractivity contribution in [3.63, 3.8) is 0 Å². The van der Waals surface area contributed by atoms with E-state index in [-0.39, 0.29) is 0 Å². The summed E-state index contributed by atoms with van der Waals surface area (Å²) in [5, 5.41) is 0. The number of benzene rings is 1. The Morgan fingerprint density at radius 3 is 1.76 bits per heavy atom. The fourth-order valence-corrected chi connectivity index (χ4v) is 3.88. The summed E-state index contributed by atoms with van der Waals surface area (Å²) in [6.07, 6.45) is 21.5. The SMILES string of the molecule is CCCCCCCCCCCCCCCCCCOc1cccc(C(=O)OC(=O)C(C)Br)c1. The average Bonchev–Trinajstić information content (AvgIpc) is 2.81. The van der Waals surface area contributed by atoms with Gasteiger partial charge in [0.05, 0.1) is 12.2 Å². The van der Waals surface area contributed by atoms with Gasteiger partial charge in [-0.3, -0.25) is 4.79 Å². The van der Waals surface area contributed by atoms with Crippen molar-refractivity contribution in [1.82, 2.24) is 0 Å². The van der Waals surface area contributed by atoms with Crippen LogP contribution < -0.4 is 4.74 Å².